The molecule has 6 heteroatoms. The summed E-state index contributed by atoms with van der Waals surface area (Å²) in [6, 6.07) is 10.4. The number of nitro groups is 1. The second-order valence-corrected chi connectivity index (χ2v) is 5.20. The number of halogens is 2. The second kappa shape index (κ2) is 6.65. The zero-order valence-electron chi connectivity index (χ0n) is 11.1. The first-order valence-corrected chi connectivity index (χ1v) is 6.77. The Balaban J connectivity index is 2.08. The van der Waals surface area contributed by atoms with Gasteiger partial charge in [0.25, 0.3) is 5.69 Å². The Bertz CT molecular complexity index is 664. The molecule has 110 valence electrons. The Morgan fingerprint density at radius 1 is 1.19 bits per heavy atom. The van der Waals surface area contributed by atoms with Crippen molar-refractivity contribution in [2.45, 2.75) is 18.9 Å². The maximum atomic E-state index is 13.6. The fraction of sp³-hybridized carbons (Fsp3) is 0.200. The molecule has 0 heterocycles. The maximum Gasteiger partial charge on any atom is 0.270 e. The number of nitrogens with zero attached hydrogens (tertiary/aromatic N) is 1. The minimum absolute atomic E-state index is 0.0635. The van der Waals surface area contributed by atoms with Crippen LogP contribution in [-0.4, -0.2) is 11.0 Å². The Morgan fingerprint density at radius 3 is 2.48 bits per heavy atom. The van der Waals surface area contributed by atoms with Gasteiger partial charge in [-0.05, 0) is 30.0 Å². The van der Waals surface area contributed by atoms with E-state index in [4.69, 9.17) is 17.3 Å². The first kappa shape index (κ1) is 15.4. The van der Waals surface area contributed by atoms with E-state index >= 15 is 0 Å². The monoisotopic (exact) mass is 308 g/mol. The van der Waals surface area contributed by atoms with Crippen molar-refractivity contribution in [1.82, 2.24) is 0 Å². The highest BCUT2D eigenvalue weighted by Crippen LogP contribution is 2.24. The van der Waals surface area contributed by atoms with Gasteiger partial charge in [0.2, 0.25) is 0 Å². The number of hydrogen-bond donors (Lipinski definition) is 1. The third-order valence-electron chi connectivity index (χ3n) is 3.17. The van der Waals surface area contributed by atoms with Crippen LogP contribution < -0.4 is 5.73 Å². The lowest BCUT2D eigenvalue weighted by Crippen LogP contribution is -2.26. The first-order valence-electron chi connectivity index (χ1n) is 6.39. The number of nitrogens with two attached hydrogens (primary N) is 1. The molecule has 1 atom stereocenters. The van der Waals surface area contributed by atoms with Crippen LogP contribution in [-0.2, 0) is 12.8 Å². The van der Waals surface area contributed by atoms with E-state index in [1.54, 1.807) is 24.3 Å². The summed E-state index contributed by atoms with van der Waals surface area (Å²) in [7, 11) is 0. The number of non-ortho nitro benzene ring substituents is 1. The molecule has 0 aromatic heterocycles. The van der Waals surface area contributed by atoms with Crippen LogP contribution in [0.25, 0.3) is 0 Å². The van der Waals surface area contributed by atoms with E-state index in [0.29, 0.717) is 29.0 Å². The molecule has 0 saturated carbocycles. The average molecular weight is 309 g/mol. The standard InChI is InChI=1S/C15H14ClFN2O2/c16-14-9-13(19(20)21)6-5-10(14)7-12(18)8-11-3-1-2-4-15(11)17/h1-6,9,12H,7-8,18H2. The van der Waals surface area contributed by atoms with Gasteiger partial charge in [0.15, 0.2) is 0 Å². The molecular weight excluding hydrogens is 295 g/mol. The lowest BCUT2D eigenvalue weighted by molar-refractivity contribution is -0.384. The van der Waals surface area contributed by atoms with E-state index < -0.39 is 4.92 Å². The largest absolute Gasteiger partial charge is 0.327 e. The van der Waals surface area contributed by atoms with Crippen LogP contribution in [0.2, 0.25) is 5.02 Å². The smallest absolute Gasteiger partial charge is 0.270 e. The zero-order valence-corrected chi connectivity index (χ0v) is 11.9. The summed E-state index contributed by atoms with van der Waals surface area (Å²) in [5.41, 5.74) is 7.21. The van der Waals surface area contributed by atoms with E-state index in [1.165, 1.54) is 18.2 Å². The summed E-state index contributed by atoms with van der Waals surface area (Å²) >= 11 is 6.02. The molecule has 0 aliphatic carbocycles. The van der Waals surface area contributed by atoms with Crippen LogP contribution in [0.15, 0.2) is 42.5 Å². The van der Waals surface area contributed by atoms with Crippen molar-refractivity contribution in [2.24, 2.45) is 5.73 Å². The van der Waals surface area contributed by atoms with Crippen molar-refractivity contribution in [2.75, 3.05) is 0 Å². The Kier molecular flexibility index (Phi) is 4.88. The van der Waals surface area contributed by atoms with Crippen molar-refractivity contribution in [3.8, 4) is 0 Å². The number of rotatable bonds is 5. The van der Waals surface area contributed by atoms with Crippen molar-refractivity contribution < 1.29 is 9.31 Å². The minimum atomic E-state index is -0.505. The van der Waals surface area contributed by atoms with E-state index in [9.17, 15) is 14.5 Å². The fourth-order valence-corrected chi connectivity index (χ4v) is 2.37. The lowest BCUT2D eigenvalue weighted by Gasteiger charge is -2.13. The van der Waals surface area contributed by atoms with Gasteiger partial charge in [-0.25, -0.2) is 4.39 Å². The molecule has 0 spiro atoms. The Labute approximate surface area is 126 Å². The summed E-state index contributed by atoms with van der Waals surface area (Å²) in [5.74, 6) is -0.289. The summed E-state index contributed by atoms with van der Waals surface area (Å²) in [6.07, 6.45) is 0.797. The number of hydrogen-bond acceptors (Lipinski definition) is 3. The van der Waals surface area contributed by atoms with E-state index in [1.807, 2.05) is 0 Å². The SMILES string of the molecule is NC(Cc1ccccc1F)Cc1ccc([N+](=O)[O-])cc1Cl. The molecule has 0 saturated heterocycles. The molecule has 4 nitrogen and oxygen atoms in total. The lowest BCUT2D eigenvalue weighted by atomic mass is 9.99. The highest BCUT2D eigenvalue weighted by molar-refractivity contribution is 6.31. The molecule has 0 bridgehead atoms. The maximum absolute atomic E-state index is 13.6. The predicted octanol–water partition coefficient (Wildman–Crippen LogP) is 3.50. The summed E-state index contributed by atoms with van der Waals surface area (Å²) in [5, 5.41) is 10.9. The molecular formula is C15H14ClFN2O2. The van der Waals surface area contributed by atoms with E-state index in [-0.39, 0.29) is 17.5 Å². The van der Waals surface area contributed by atoms with Gasteiger partial charge in [-0.1, -0.05) is 35.9 Å². The minimum Gasteiger partial charge on any atom is -0.327 e. The van der Waals surface area contributed by atoms with Gasteiger partial charge >= 0.3 is 0 Å². The van der Waals surface area contributed by atoms with E-state index in [2.05, 4.69) is 0 Å². The third kappa shape index (κ3) is 4.00. The summed E-state index contributed by atoms with van der Waals surface area (Å²) < 4.78 is 13.6. The van der Waals surface area contributed by atoms with Crippen LogP contribution in [0.1, 0.15) is 11.1 Å². The van der Waals surface area contributed by atoms with E-state index in [0.717, 1.165) is 0 Å². The summed E-state index contributed by atoms with van der Waals surface area (Å²) in [4.78, 5) is 10.1. The highest BCUT2D eigenvalue weighted by atomic mass is 35.5. The van der Waals surface area contributed by atoms with Gasteiger partial charge in [0, 0.05) is 18.2 Å². The third-order valence-corrected chi connectivity index (χ3v) is 3.52. The van der Waals surface area contributed by atoms with Gasteiger partial charge in [-0.3, -0.25) is 10.1 Å². The Hall–Kier alpha value is -1.98. The molecule has 2 aromatic carbocycles. The molecule has 1 unspecified atom stereocenters. The number of benzene rings is 2. The first-order chi connectivity index (χ1) is 9.97. The van der Waals surface area contributed by atoms with Crippen LogP contribution in [0.4, 0.5) is 10.1 Å². The summed E-state index contributed by atoms with van der Waals surface area (Å²) in [6.45, 7) is 0. The topological polar surface area (TPSA) is 69.2 Å². The zero-order chi connectivity index (χ0) is 15.4. The molecule has 0 aliphatic rings. The van der Waals surface area contributed by atoms with Crippen LogP contribution in [0.5, 0.6) is 0 Å². The fourth-order valence-electron chi connectivity index (χ4n) is 2.12. The molecule has 2 rings (SSSR count). The molecule has 0 amide bonds. The molecule has 21 heavy (non-hydrogen) atoms. The normalized spacial score (nSPS) is 12.1. The molecule has 2 N–H and O–H groups in total. The van der Waals surface area contributed by atoms with Crippen molar-refractivity contribution in [3.05, 3.63) is 74.5 Å². The Morgan fingerprint density at radius 2 is 1.86 bits per heavy atom. The van der Waals surface area contributed by atoms with Gasteiger partial charge in [-0.2, -0.15) is 0 Å². The van der Waals surface area contributed by atoms with Crippen molar-refractivity contribution >= 4 is 17.3 Å². The van der Waals surface area contributed by atoms with Crippen LogP contribution >= 0.6 is 11.6 Å². The van der Waals surface area contributed by atoms with Gasteiger partial charge in [0.1, 0.15) is 5.82 Å². The predicted molar refractivity (Wildman–Crippen MR) is 79.9 cm³/mol. The second-order valence-electron chi connectivity index (χ2n) is 4.79. The molecule has 0 fully saturated rings. The van der Waals surface area contributed by atoms with Gasteiger partial charge in [-0.15, -0.1) is 0 Å². The van der Waals surface area contributed by atoms with Crippen molar-refractivity contribution in [3.63, 3.8) is 0 Å². The number of nitro benzene ring substituents is 1. The van der Waals surface area contributed by atoms with Crippen molar-refractivity contribution in [1.29, 1.82) is 0 Å². The molecule has 0 radical (unpaired) electrons. The highest BCUT2D eigenvalue weighted by Gasteiger charge is 2.13. The van der Waals surface area contributed by atoms with Gasteiger partial charge in [0.05, 0.1) is 9.95 Å². The average Bonchev–Trinajstić information content (AvgIpc) is 2.43. The quantitative estimate of drug-likeness (QED) is 0.679. The molecule has 0 aliphatic heterocycles. The van der Waals surface area contributed by atoms with Gasteiger partial charge < -0.3 is 5.73 Å². The van der Waals surface area contributed by atoms with Crippen LogP contribution in [0.3, 0.4) is 0 Å². The molecule has 2 aromatic rings. The van der Waals surface area contributed by atoms with Crippen LogP contribution in [0, 0.1) is 15.9 Å².